The van der Waals surface area contributed by atoms with Crippen LogP contribution in [0.5, 0.6) is 0 Å². The highest BCUT2D eigenvalue weighted by molar-refractivity contribution is 5.98. The Labute approximate surface area is 119 Å². The Morgan fingerprint density at radius 3 is 2.50 bits per heavy atom. The molecule has 1 fully saturated rings. The maximum absolute atomic E-state index is 12.3. The first kappa shape index (κ1) is 14.8. The summed E-state index contributed by atoms with van der Waals surface area (Å²) in [6.07, 6.45) is 2.36. The van der Waals surface area contributed by atoms with E-state index >= 15 is 0 Å². The molecular formula is C15H23N3O2. The van der Waals surface area contributed by atoms with Gasteiger partial charge in [-0.1, -0.05) is 0 Å². The molecule has 1 saturated heterocycles. The molecule has 2 rings (SSSR count). The average molecular weight is 277 g/mol. The molecule has 0 saturated carbocycles. The molecule has 2 heterocycles. The van der Waals surface area contributed by atoms with Gasteiger partial charge in [0.25, 0.3) is 0 Å². The first-order valence-electron chi connectivity index (χ1n) is 7.15. The fourth-order valence-electron chi connectivity index (χ4n) is 2.94. The van der Waals surface area contributed by atoms with Gasteiger partial charge in [0.05, 0.1) is 6.54 Å². The van der Waals surface area contributed by atoms with Gasteiger partial charge in [0.15, 0.2) is 5.78 Å². The van der Waals surface area contributed by atoms with E-state index in [4.69, 9.17) is 5.73 Å². The number of aryl methyl sites for hydroxylation is 2. The lowest BCUT2D eigenvalue weighted by atomic mass is 9.93. The largest absolute Gasteiger partial charge is 0.370 e. The van der Waals surface area contributed by atoms with Crippen LogP contribution in [0.2, 0.25) is 0 Å². The van der Waals surface area contributed by atoms with Crippen molar-refractivity contribution in [2.45, 2.75) is 33.1 Å². The van der Waals surface area contributed by atoms with Gasteiger partial charge in [-0.05, 0) is 51.8 Å². The third-order valence-corrected chi connectivity index (χ3v) is 4.01. The van der Waals surface area contributed by atoms with Crippen molar-refractivity contribution in [3.8, 4) is 0 Å². The molecule has 0 unspecified atom stereocenters. The zero-order valence-electron chi connectivity index (χ0n) is 12.2. The molecule has 0 radical (unpaired) electrons. The van der Waals surface area contributed by atoms with Crippen molar-refractivity contribution in [3.63, 3.8) is 0 Å². The van der Waals surface area contributed by atoms with Gasteiger partial charge in [0.1, 0.15) is 0 Å². The Hall–Kier alpha value is -1.62. The number of nitrogens with zero attached hydrogens (tertiary/aromatic N) is 1. The summed E-state index contributed by atoms with van der Waals surface area (Å²) in [5.41, 5.74) is 7.98. The van der Waals surface area contributed by atoms with E-state index in [1.165, 1.54) is 0 Å². The SMILES string of the molecule is Cc1cc(C(=O)CN2CCC(CC(N)=O)CC2)c(C)[nH]1. The molecular weight excluding hydrogens is 254 g/mol. The molecule has 5 heteroatoms. The van der Waals surface area contributed by atoms with Crippen LogP contribution in [-0.4, -0.2) is 41.2 Å². The fraction of sp³-hybridized carbons (Fsp3) is 0.600. The van der Waals surface area contributed by atoms with E-state index in [2.05, 4.69) is 9.88 Å². The minimum Gasteiger partial charge on any atom is -0.370 e. The number of carbonyl (C=O) groups is 2. The smallest absolute Gasteiger partial charge is 0.217 e. The van der Waals surface area contributed by atoms with E-state index in [1.54, 1.807) is 0 Å². The highest BCUT2D eigenvalue weighted by Gasteiger charge is 2.23. The fourth-order valence-corrected chi connectivity index (χ4v) is 2.94. The van der Waals surface area contributed by atoms with Crippen LogP contribution in [0, 0.1) is 19.8 Å². The van der Waals surface area contributed by atoms with Gasteiger partial charge in [-0.3, -0.25) is 14.5 Å². The number of primary amides is 1. The number of hydrogen-bond acceptors (Lipinski definition) is 3. The molecule has 1 aromatic rings. The number of hydrogen-bond donors (Lipinski definition) is 2. The van der Waals surface area contributed by atoms with Gasteiger partial charge in [0.2, 0.25) is 5.91 Å². The number of nitrogens with two attached hydrogens (primary N) is 1. The lowest BCUT2D eigenvalue weighted by Crippen LogP contribution is -2.38. The summed E-state index contributed by atoms with van der Waals surface area (Å²) in [5, 5.41) is 0. The van der Waals surface area contributed by atoms with Crippen molar-refractivity contribution in [1.82, 2.24) is 9.88 Å². The van der Waals surface area contributed by atoms with Gasteiger partial charge in [-0.25, -0.2) is 0 Å². The molecule has 110 valence electrons. The van der Waals surface area contributed by atoms with Crippen molar-refractivity contribution < 1.29 is 9.59 Å². The maximum Gasteiger partial charge on any atom is 0.217 e. The predicted octanol–water partition coefficient (Wildman–Crippen LogP) is 1.40. The molecule has 0 aromatic carbocycles. The number of nitrogens with one attached hydrogen (secondary N) is 1. The molecule has 3 N–H and O–H groups in total. The number of H-pyrrole nitrogens is 1. The molecule has 1 aliphatic heterocycles. The van der Waals surface area contributed by atoms with E-state index in [-0.39, 0.29) is 11.7 Å². The third-order valence-electron chi connectivity index (χ3n) is 4.01. The number of rotatable bonds is 5. The lowest BCUT2D eigenvalue weighted by Gasteiger charge is -2.30. The highest BCUT2D eigenvalue weighted by atomic mass is 16.1. The zero-order chi connectivity index (χ0) is 14.7. The minimum atomic E-state index is -0.224. The quantitative estimate of drug-likeness (QED) is 0.798. The summed E-state index contributed by atoms with van der Waals surface area (Å²) in [6.45, 7) is 6.08. The number of ketones is 1. The third kappa shape index (κ3) is 3.70. The number of amides is 1. The standard InChI is InChI=1S/C15H23N3O2/c1-10-7-13(11(2)17-10)14(19)9-18-5-3-12(4-6-18)8-15(16)20/h7,12,17H,3-6,8-9H2,1-2H3,(H2,16,20). The monoisotopic (exact) mass is 277 g/mol. The number of likely N-dealkylation sites (tertiary alicyclic amines) is 1. The summed E-state index contributed by atoms with van der Waals surface area (Å²) in [4.78, 5) is 28.5. The Morgan fingerprint density at radius 1 is 1.35 bits per heavy atom. The lowest BCUT2D eigenvalue weighted by molar-refractivity contribution is -0.119. The topological polar surface area (TPSA) is 79.2 Å². The summed E-state index contributed by atoms with van der Waals surface area (Å²) in [7, 11) is 0. The van der Waals surface area contributed by atoms with Crippen LogP contribution in [0.25, 0.3) is 0 Å². The zero-order valence-corrected chi connectivity index (χ0v) is 12.2. The summed E-state index contributed by atoms with van der Waals surface area (Å²) < 4.78 is 0. The summed E-state index contributed by atoms with van der Waals surface area (Å²) >= 11 is 0. The van der Waals surface area contributed by atoms with E-state index in [9.17, 15) is 9.59 Å². The second-order valence-electron chi connectivity index (χ2n) is 5.80. The molecule has 0 spiro atoms. The first-order valence-corrected chi connectivity index (χ1v) is 7.15. The van der Waals surface area contributed by atoms with Crippen molar-refractivity contribution in [2.75, 3.05) is 19.6 Å². The Bertz CT molecular complexity index is 499. The van der Waals surface area contributed by atoms with Gasteiger partial charge in [-0.15, -0.1) is 0 Å². The molecule has 0 bridgehead atoms. The molecule has 0 aliphatic carbocycles. The second-order valence-corrected chi connectivity index (χ2v) is 5.80. The molecule has 20 heavy (non-hydrogen) atoms. The average Bonchev–Trinajstić information content (AvgIpc) is 2.70. The number of carbonyl (C=O) groups excluding carboxylic acids is 2. The van der Waals surface area contributed by atoms with Gasteiger partial charge in [0, 0.05) is 23.4 Å². The highest BCUT2D eigenvalue weighted by Crippen LogP contribution is 2.20. The van der Waals surface area contributed by atoms with E-state index < -0.39 is 0 Å². The minimum absolute atomic E-state index is 0.167. The van der Waals surface area contributed by atoms with Crippen LogP contribution in [0.3, 0.4) is 0 Å². The maximum atomic E-state index is 12.3. The predicted molar refractivity (Wildman–Crippen MR) is 77.6 cm³/mol. The summed E-state index contributed by atoms with van der Waals surface area (Å²) in [6, 6.07) is 1.91. The van der Waals surface area contributed by atoms with E-state index in [0.717, 1.165) is 42.9 Å². The van der Waals surface area contributed by atoms with Crippen molar-refractivity contribution >= 4 is 11.7 Å². The molecule has 0 atom stereocenters. The second kappa shape index (κ2) is 6.22. The van der Waals surface area contributed by atoms with Gasteiger partial charge in [-0.2, -0.15) is 0 Å². The Kier molecular flexibility index (Phi) is 4.60. The van der Waals surface area contributed by atoms with Crippen LogP contribution in [0.15, 0.2) is 6.07 Å². The number of aromatic amines is 1. The Morgan fingerprint density at radius 2 is 2.00 bits per heavy atom. The van der Waals surface area contributed by atoms with E-state index in [0.29, 0.717) is 18.9 Å². The van der Waals surface area contributed by atoms with Crippen LogP contribution in [0.1, 0.15) is 41.0 Å². The van der Waals surface area contributed by atoms with Crippen LogP contribution in [-0.2, 0) is 4.79 Å². The molecule has 5 nitrogen and oxygen atoms in total. The van der Waals surface area contributed by atoms with Gasteiger partial charge < -0.3 is 10.7 Å². The normalized spacial score (nSPS) is 17.3. The molecule has 1 amide bonds. The molecule has 1 aromatic heterocycles. The van der Waals surface area contributed by atoms with Gasteiger partial charge >= 0.3 is 0 Å². The van der Waals surface area contributed by atoms with Crippen LogP contribution >= 0.6 is 0 Å². The van der Waals surface area contributed by atoms with E-state index in [1.807, 2.05) is 19.9 Å². The van der Waals surface area contributed by atoms with Crippen molar-refractivity contribution in [1.29, 1.82) is 0 Å². The molecule has 1 aliphatic rings. The number of aromatic nitrogens is 1. The number of piperidine rings is 1. The van der Waals surface area contributed by atoms with Crippen molar-refractivity contribution in [2.24, 2.45) is 11.7 Å². The first-order chi connectivity index (χ1) is 9.45. The van der Waals surface area contributed by atoms with Crippen LogP contribution < -0.4 is 5.73 Å². The van der Waals surface area contributed by atoms with Crippen LogP contribution in [0.4, 0.5) is 0 Å². The van der Waals surface area contributed by atoms with Crippen molar-refractivity contribution in [3.05, 3.63) is 23.0 Å². The Balaban J connectivity index is 1.85. The summed E-state index contributed by atoms with van der Waals surface area (Å²) in [5.74, 6) is 0.327. The number of Topliss-reactive ketones (excluding diaryl/α,β-unsaturated/α-hetero) is 1.